The van der Waals surface area contributed by atoms with Gasteiger partial charge in [0, 0.05) is 50.3 Å². The first-order valence-electron chi connectivity index (χ1n) is 18.3. The third-order valence-corrected chi connectivity index (χ3v) is 10.2. The topological polar surface area (TPSA) is 457 Å². The van der Waals surface area contributed by atoms with Crippen LogP contribution in [0.2, 0.25) is 0 Å². The number of nitrogens with one attached hydrogen (secondary N) is 3. The molecule has 26 heteroatoms. The average Bonchev–Trinajstić information content (AvgIpc) is 3.16. The molecule has 3 aliphatic rings. The fourth-order valence-electron chi connectivity index (χ4n) is 6.47. The number of primary amides is 1. The van der Waals surface area contributed by atoms with Crippen LogP contribution in [0.5, 0.6) is 0 Å². The summed E-state index contributed by atoms with van der Waals surface area (Å²) in [4.78, 5) is 53.8. The van der Waals surface area contributed by atoms with Gasteiger partial charge in [-0.2, -0.15) is 12.6 Å². The van der Waals surface area contributed by atoms with Crippen molar-refractivity contribution in [2.45, 2.75) is 136 Å². The molecular weight excluding hydrogens is 782 g/mol. The van der Waals surface area contributed by atoms with E-state index in [-0.39, 0.29) is 63.5 Å². The average molecular weight is 842 g/mol. The molecule has 25 nitrogen and oxygen atoms in total. The molecule has 4 amide bonds. The molecule has 0 unspecified atom stereocenters. The molecule has 17 atom stereocenters. The summed E-state index contributed by atoms with van der Waals surface area (Å²) in [5.41, 5.74) is 40.0. The van der Waals surface area contributed by atoms with Crippen molar-refractivity contribution < 1.29 is 68.8 Å². The zero-order valence-electron chi connectivity index (χ0n) is 31.1. The summed E-state index contributed by atoms with van der Waals surface area (Å²) in [6, 6.07) is -5.53. The number of ether oxygens (including phenoxy) is 4. The van der Waals surface area contributed by atoms with Crippen LogP contribution >= 0.6 is 12.6 Å². The van der Waals surface area contributed by atoms with Crippen LogP contribution < -0.4 is 56.1 Å². The SMILES string of the molecule is NC[C@H]1O[C@H](O[C@H]2[C@H](O)[C@@H](O[C@H]3O[C@H](CNC(=O)CCC(=O)N[C@@H](CCCN=C(N)N)C(=O)N[C@@H](CS)C(N)=O)[C@@H](O)[C@H](N)[C@H]3O)[C@H](N)C[C@@H]2N)[C@H](O)[C@@H](O)[C@@H]1O. The van der Waals surface area contributed by atoms with Gasteiger partial charge >= 0.3 is 0 Å². The molecule has 57 heavy (non-hydrogen) atoms. The number of thiol groups is 1. The van der Waals surface area contributed by atoms with Gasteiger partial charge in [-0.05, 0) is 19.3 Å². The first-order chi connectivity index (χ1) is 26.8. The van der Waals surface area contributed by atoms with Crippen molar-refractivity contribution in [1.82, 2.24) is 16.0 Å². The van der Waals surface area contributed by atoms with E-state index in [1.54, 1.807) is 0 Å². The Labute approximate surface area is 333 Å². The number of aliphatic imine (C=N–C) groups is 1. The van der Waals surface area contributed by atoms with Crippen molar-refractivity contribution in [1.29, 1.82) is 0 Å². The summed E-state index contributed by atoms with van der Waals surface area (Å²) in [5, 5.41) is 71.1. The van der Waals surface area contributed by atoms with E-state index in [1.807, 2.05) is 0 Å². The number of rotatable bonds is 19. The number of guanidine groups is 1. The van der Waals surface area contributed by atoms with Gasteiger partial charge in [-0.1, -0.05) is 0 Å². The molecule has 0 bridgehead atoms. The first kappa shape index (κ1) is 48.3. The lowest BCUT2D eigenvalue weighted by Gasteiger charge is -2.48. The van der Waals surface area contributed by atoms with Crippen LogP contribution in [0.15, 0.2) is 4.99 Å². The minimum absolute atomic E-state index is 0.0157. The zero-order valence-corrected chi connectivity index (χ0v) is 32.0. The highest BCUT2D eigenvalue weighted by atomic mass is 32.1. The van der Waals surface area contributed by atoms with Crippen LogP contribution in [0.3, 0.4) is 0 Å². The second kappa shape index (κ2) is 22.3. The Kier molecular flexibility index (Phi) is 18.9. The van der Waals surface area contributed by atoms with Crippen LogP contribution in [-0.4, -0.2) is 189 Å². The fraction of sp³-hybridized carbons (Fsp3) is 0.839. The number of hydrogen-bond acceptors (Lipinski definition) is 20. The molecular formula is C31H59N11O14S. The molecule has 0 radical (unpaired) electrons. The van der Waals surface area contributed by atoms with Crippen molar-refractivity contribution >= 4 is 42.2 Å². The lowest BCUT2D eigenvalue weighted by Crippen LogP contribution is -2.68. The van der Waals surface area contributed by atoms with E-state index in [0.717, 1.165) is 0 Å². The maximum absolute atomic E-state index is 12.9. The minimum atomic E-state index is -1.75. The summed E-state index contributed by atoms with van der Waals surface area (Å²) >= 11 is 3.99. The molecule has 3 fully saturated rings. The van der Waals surface area contributed by atoms with E-state index in [4.69, 9.17) is 59.1 Å². The maximum atomic E-state index is 12.9. The first-order valence-corrected chi connectivity index (χ1v) is 18.9. The Morgan fingerprint density at radius 2 is 1.33 bits per heavy atom. The van der Waals surface area contributed by atoms with Crippen LogP contribution in [0.25, 0.3) is 0 Å². The largest absolute Gasteiger partial charge is 0.389 e. The molecule has 2 heterocycles. The second-order valence-electron chi connectivity index (χ2n) is 14.1. The highest BCUT2D eigenvalue weighted by Gasteiger charge is 2.51. The number of nitrogens with two attached hydrogens (primary N) is 7. The van der Waals surface area contributed by atoms with Crippen molar-refractivity contribution in [3.8, 4) is 0 Å². The smallest absolute Gasteiger partial charge is 0.243 e. The number of amides is 4. The Balaban J connectivity index is 1.58. The monoisotopic (exact) mass is 841 g/mol. The van der Waals surface area contributed by atoms with Gasteiger partial charge in [-0.3, -0.25) is 24.2 Å². The third kappa shape index (κ3) is 13.2. The highest BCUT2D eigenvalue weighted by Crippen LogP contribution is 2.31. The zero-order chi connectivity index (χ0) is 42.7. The normalized spacial score (nSPS) is 36.6. The van der Waals surface area contributed by atoms with Crippen molar-refractivity contribution in [2.75, 3.05) is 25.4 Å². The van der Waals surface area contributed by atoms with Gasteiger partial charge in [0.25, 0.3) is 0 Å². The third-order valence-electron chi connectivity index (χ3n) is 9.82. The predicted molar refractivity (Wildman–Crippen MR) is 200 cm³/mol. The molecule has 2 saturated heterocycles. The molecule has 1 saturated carbocycles. The molecule has 3 rings (SSSR count). The Bertz CT molecular complexity index is 1370. The summed E-state index contributed by atoms with van der Waals surface area (Å²) in [5.74, 6) is -3.18. The number of nitrogens with zero attached hydrogens (tertiary/aromatic N) is 1. The van der Waals surface area contributed by atoms with Crippen molar-refractivity contribution in [3.05, 3.63) is 0 Å². The van der Waals surface area contributed by atoms with Gasteiger partial charge < -0.3 is 106 Å². The predicted octanol–water partition coefficient (Wildman–Crippen LogP) is -9.95. The van der Waals surface area contributed by atoms with E-state index in [9.17, 15) is 49.8 Å². The Morgan fingerprint density at radius 1 is 0.754 bits per heavy atom. The van der Waals surface area contributed by atoms with Gasteiger partial charge in [0.05, 0.1) is 12.1 Å². The van der Waals surface area contributed by atoms with Gasteiger partial charge in [-0.15, -0.1) is 0 Å². The van der Waals surface area contributed by atoms with E-state index in [0.29, 0.717) is 0 Å². The van der Waals surface area contributed by atoms with Gasteiger partial charge in [0.15, 0.2) is 18.5 Å². The quantitative estimate of drug-likeness (QED) is 0.0248. The van der Waals surface area contributed by atoms with E-state index in [2.05, 4.69) is 33.6 Å². The lowest BCUT2D eigenvalue weighted by atomic mass is 9.84. The molecule has 0 aromatic carbocycles. The van der Waals surface area contributed by atoms with Crippen LogP contribution in [-0.2, 0) is 38.1 Å². The van der Waals surface area contributed by atoms with Crippen molar-refractivity contribution in [3.63, 3.8) is 0 Å². The highest BCUT2D eigenvalue weighted by molar-refractivity contribution is 7.80. The van der Waals surface area contributed by atoms with Gasteiger partial charge in [0.2, 0.25) is 23.6 Å². The molecule has 328 valence electrons. The van der Waals surface area contributed by atoms with Crippen LogP contribution in [0.4, 0.5) is 0 Å². The van der Waals surface area contributed by atoms with Crippen LogP contribution in [0, 0.1) is 0 Å². The second-order valence-corrected chi connectivity index (χ2v) is 14.5. The molecule has 0 aromatic heterocycles. The summed E-state index contributed by atoms with van der Waals surface area (Å²) < 4.78 is 22.9. The molecule has 2 aliphatic heterocycles. The maximum Gasteiger partial charge on any atom is 0.243 e. The summed E-state index contributed by atoms with van der Waals surface area (Å²) in [6.07, 6.45) is -18.5. The van der Waals surface area contributed by atoms with E-state index >= 15 is 0 Å². The van der Waals surface area contributed by atoms with Gasteiger partial charge in [0.1, 0.15) is 67.0 Å². The minimum Gasteiger partial charge on any atom is -0.389 e. The van der Waals surface area contributed by atoms with E-state index in [1.165, 1.54) is 0 Å². The molecule has 0 aromatic rings. The summed E-state index contributed by atoms with van der Waals surface area (Å²) in [7, 11) is 0. The molecule has 0 spiro atoms. The molecule has 1 aliphatic carbocycles. The number of aliphatic hydroxyl groups is 6. The van der Waals surface area contributed by atoms with Crippen LogP contribution in [0.1, 0.15) is 32.1 Å². The number of carbonyl (C=O) groups is 4. The van der Waals surface area contributed by atoms with Gasteiger partial charge in [-0.25, -0.2) is 0 Å². The lowest BCUT2D eigenvalue weighted by molar-refractivity contribution is -0.330. The summed E-state index contributed by atoms with van der Waals surface area (Å²) in [6.45, 7) is -0.466. The Morgan fingerprint density at radius 3 is 1.89 bits per heavy atom. The fourth-order valence-corrected chi connectivity index (χ4v) is 6.74. The Hall–Kier alpha value is -3.06. The number of hydrogen-bond donors (Lipinski definition) is 17. The standard InChI is InChI=1S/C31H59N11O14S/c32-7-14-20(46)22(48)23(49)30(53-14)56-26-11(34)6-10(33)25(24(26)50)55-29-21(47)18(35)19(45)15(54-29)8-40-16(43)3-4-17(44)41-12(2-1-5-39-31(37)38)28(52)42-13(9-57)27(36)51/h10-15,18-26,29-30,45-50,57H,1-9,32-35H2,(H2,36,51)(H,40,43)(H,41,44)(H,42,52)(H4,37,38,39)/t10-,11+,12+,13+,14-,15-,18+,19-,20-,21-,22+,23-,24-,25+,26-,29-,30-/m1/s1. The number of aliphatic hydroxyl groups excluding tert-OH is 6. The van der Waals surface area contributed by atoms with E-state index < -0.39 is 127 Å². The number of carbonyl (C=O) groups excluding carboxylic acids is 4. The van der Waals surface area contributed by atoms with Crippen molar-refractivity contribution in [2.24, 2.45) is 45.1 Å². The molecule has 23 N–H and O–H groups in total.